The van der Waals surface area contributed by atoms with Crippen molar-refractivity contribution in [1.82, 2.24) is 9.27 Å². The van der Waals surface area contributed by atoms with Gasteiger partial charge in [-0.15, -0.1) is 0 Å². The third kappa shape index (κ3) is 1.91. The molecule has 0 spiro atoms. The van der Waals surface area contributed by atoms with Crippen LogP contribution in [0.2, 0.25) is 0 Å². The lowest BCUT2D eigenvalue weighted by atomic mass is 10.0. The highest BCUT2D eigenvalue weighted by atomic mass is 32.1. The second-order valence-electron chi connectivity index (χ2n) is 4.31. The van der Waals surface area contributed by atoms with Gasteiger partial charge in [-0.05, 0) is 17.5 Å². The van der Waals surface area contributed by atoms with Crippen LogP contribution in [0.25, 0.3) is 0 Å². The summed E-state index contributed by atoms with van der Waals surface area (Å²) in [5.74, 6) is 0.624. The zero-order valence-electron chi connectivity index (χ0n) is 9.41. The molecule has 2 rings (SSSR count). The molecule has 2 heterocycles. The minimum Gasteiger partial charge on any atom is -0.338 e. The van der Waals surface area contributed by atoms with Crippen LogP contribution in [0.4, 0.5) is 0 Å². The Kier molecular flexibility index (Phi) is 2.78. The molecule has 15 heavy (non-hydrogen) atoms. The monoisotopic (exact) mass is 224 g/mol. The molecule has 1 aromatic heterocycles. The molecule has 0 N–H and O–H groups in total. The van der Waals surface area contributed by atoms with Crippen molar-refractivity contribution in [3.05, 3.63) is 16.1 Å². The molecular weight excluding hydrogens is 208 g/mol. The Bertz CT molecular complexity index is 384. The van der Waals surface area contributed by atoms with Gasteiger partial charge < -0.3 is 4.90 Å². The van der Waals surface area contributed by atoms with Crippen LogP contribution in [0.5, 0.6) is 0 Å². The largest absolute Gasteiger partial charge is 0.338 e. The summed E-state index contributed by atoms with van der Waals surface area (Å²) in [5, 5.41) is 0. The molecule has 0 aromatic carbocycles. The maximum Gasteiger partial charge on any atom is 0.219 e. The zero-order chi connectivity index (χ0) is 11.0. The molecule has 1 amide bonds. The average molecular weight is 224 g/mol. The fourth-order valence-corrected chi connectivity index (χ4v) is 2.94. The first kappa shape index (κ1) is 10.6. The third-order valence-electron chi connectivity index (χ3n) is 2.85. The Hall–Kier alpha value is -0.900. The fourth-order valence-electron chi connectivity index (χ4n) is 1.95. The summed E-state index contributed by atoms with van der Waals surface area (Å²) in [7, 11) is 0. The van der Waals surface area contributed by atoms with E-state index in [0.717, 1.165) is 19.5 Å². The quantitative estimate of drug-likeness (QED) is 0.732. The minimum atomic E-state index is 0.168. The summed E-state index contributed by atoms with van der Waals surface area (Å²) < 4.78 is 4.49. The standard InChI is InChI=1S/C11H16N2OS/c1-7(2)11-9-6-13(8(3)14)5-4-10(9)15-12-11/h7H,4-6H2,1-3H3. The van der Waals surface area contributed by atoms with Crippen molar-refractivity contribution >= 4 is 17.4 Å². The minimum absolute atomic E-state index is 0.168. The van der Waals surface area contributed by atoms with E-state index in [4.69, 9.17) is 0 Å². The third-order valence-corrected chi connectivity index (χ3v) is 3.81. The number of carbonyl (C=O) groups is 1. The van der Waals surface area contributed by atoms with Gasteiger partial charge in [-0.2, -0.15) is 4.37 Å². The SMILES string of the molecule is CC(=O)N1CCc2snc(C(C)C)c2C1. The first-order valence-corrected chi connectivity index (χ1v) is 6.09. The summed E-state index contributed by atoms with van der Waals surface area (Å²) >= 11 is 1.61. The molecule has 0 saturated heterocycles. The highest BCUT2D eigenvalue weighted by molar-refractivity contribution is 7.06. The van der Waals surface area contributed by atoms with E-state index in [1.807, 2.05) is 4.90 Å². The number of nitrogens with zero attached hydrogens (tertiary/aromatic N) is 2. The first-order chi connectivity index (χ1) is 7.09. The van der Waals surface area contributed by atoms with E-state index >= 15 is 0 Å². The molecule has 0 saturated carbocycles. The van der Waals surface area contributed by atoms with Crippen LogP contribution in [0.1, 0.15) is 42.8 Å². The van der Waals surface area contributed by atoms with Gasteiger partial charge in [-0.3, -0.25) is 4.79 Å². The van der Waals surface area contributed by atoms with E-state index in [1.165, 1.54) is 16.1 Å². The number of rotatable bonds is 1. The van der Waals surface area contributed by atoms with Gasteiger partial charge in [-0.1, -0.05) is 13.8 Å². The van der Waals surface area contributed by atoms with Crippen molar-refractivity contribution in [2.24, 2.45) is 0 Å². The molecule has 0 atom stereocenters. The van der Waals surface area contributed by atoms with E-state index in [2.05, 4.69) is 18.2 Å². The Morgan fingerprint density at radius 3 is 2.87 bits per heavy atom. The zero-order valence-corrected chi connectivity index (χ0v) is 10.2. The summed E-state index contributed by atoms with van der Waals surface area (Å²) in [5.41, 5.74) is 2.48. The molecule has 1 aliphatic heterocycles. The Labute approximate surface area is 94.3 Å². The molecular formula is C11H16N2OS. The van der Waals surface area contributed by atoms with Crippen molar-refractivity contribution in [2.45, 2.75) is 39.7 Å². The second-order valence-corrected chi connectivity index (χ2v) is 5.17. The van der Waals surface area contributed by atoms with Crippen LogP contribution in [0.15, 0.2) is 0 Å². The molecule has 4 heteroatoms. The highest BCUT2D eigenvalue weighted by Gasteiger charge is 2.24. The van der Waals surface area contributed by atoms with Crippen LogP contribution in [-0.2, 0) is 17.8 Å². The number of hydrogen-bond acceptors (Lipinski definition) is 3. The molecule has 0 radical (unpaired) electrons. The summed E-state index contributed by atoms with van der Waals surface area (Å²) in [6.45, 7) is 7.56. The number of aromatic nitrogens is 1. The smallest absolute Gasteiger partial charge is 0.219 e. The molecule has 0 aliphatic carbocycles. The predicted octanol–water partition coefficient (Wildman–Crippen LogP) is 2.17. The van der Waals surface area contributed by atoms with Crippen LogP contribution < -0.4 is 0 Å². The van der Waals surface area contributed by atoms with E-state index < -0.39 is 0 Å². The van der Waals surface area contributed by atoms with Crippen molar-refractivity contribution in [3.63, 3.8) is 0 Å². The molecule has 3 nitrogen and oxygen atoms in total. The van der Waals surface area contributed by atoms with Gasteiger partial charge in [-0.25, -0.2) is 0 Å². The number of hydrogen-bond donors (Lipinski definition) is 0. The van der Waals surface area contributed by atoms with Gasteiger partial charge in [0.1, 0.15) is 0 Å². The number of fused-ring (bicyclic) bond motifs is 1. The summed E-state index contributed by atoms with van der Waals surface area (Å²) in [6.07, 6.45) is 0.972. The lowest BCUT2D eigenvalue weighted by molar-refractivity contribution is -0.129. The molecule has 0 unspecified atom stereocenters. The van der Waals surface area contributed by atoms with Crippen LogP contribution >= 0.6 is 11.5 Å². The van der Waals surface area contributed by atoms with Crippen molar-refractivity contribution in [2.75, 3.05) is 6.54 Å². The Morgan fingerprint density at radius 1 is 1.53 bits per heavy atom. The topological polar surface area (TPSA) is 33.2 Å². The van der Waals surface area contributed by atoms with Crippen molar-refractivity contribution in [1.29, 1.82) is 0 Å². The van der Waals surface area contributed by atoms with Gasteiger partial charge in [0, 0.05) is 36.9 Å². The van der Waals surface area contributed by atoms with Crippen LogP contribution in [-0.4, -0.2) is 21.7 Å². The van der Waals surface area contributed by atoms with E-state index in [9.17, 15) is 4.79 Å². The van der Waals surface area contributed by atoms with Gasteiger partial charge in [0.15, 0.2) is 0 Å². The maximum absolute atomic E-state index is 11.3. The lowest BCUT2D eigenvalue weighted by Crippen LogP contribution is -2.34. The van der Waals surface area contributed by atoms with Gasteiger partial charge in [0.2, 0.25) is 5.91 Å². The first-order valence-electron chi connectivity index (χ1n) is 5.32. The van der Waals surface area contributed by atoms with E-state index in [0.29, 0.717) is 5.92 Å². The van der Waals surface area contributed by atoms with Gasteiger partial charge in [0.05, 0.1) is 5.69 Å². The van der Waals surface area contributed by atoms with Crippen molar-refractivity contribution < 1.29 is 4.79 Å². The maximum atomic E-state index is 11.3. The number of amides is 1. The van der Waals surface area contributed by atoms with E-state index in [-0.39, 0.29) is 5.91 Å². The predicted molar refractivity (Wildman–Crippen MR) is 61.0 cm³/mol. The molecule has 1 aliphatic rings. The number of carbonyl (C=O) groups excluding carboxylic acids is 1. The Morgan fingerprint density at radius 2 is 2.27 bits per heavy atom. The molecule has 0 bridgehead atoms. The van der Waals surface area contributed by atoms with Gasteiger partial charge >= 0.3 is 0 Å². The van der Waals surface area contributed by atoms with Crippen molar-refractivity contribution in [3.8, 4) is 0 Å². The second kappa shape index (κ2) is 3.93. The highest BCUT2D eigenvalue weighted by Crippen LogP contribution is 2.30. The molecule has 0 fully saturated rings. The summed E-state index contributed by atoms with van der Waals surface area (Å²) in [4.78, 5) is 14.6. The van der Waals surface area contributed by atoms with Gasteiger partial charge in [0.25, 0.3) is 0 Å². The summed E-state index contributed by atoms with van der Waals surface area (Å²) in [6, 6.07) is 0. The lowest BCUT2D eigenvalue weighted by Gasteiger charge is -2.26. The average Bonchev–Trinajstić information content (AvgIpc) is 2.59. The van der Waals surface area contributed by atoms with Crippen LogP contribution in [0, 0.1) is 0 Å². The Balaban J connectivity index is 2.30. The van der Waals surface area contributed by atoms with Crippen LogP contribution in [0.3, 0.4) is 0 Å². The fraction of sp³-hybridized carbons (Fsp3) is 0.636. The molecule has 1 aromatic rings. The normalized spacial score (nSPS) is 15.6. The van der Waals surface area contributed by atoms with E-state index in [1.54, 1.807) is 18.5 Å². The molecule has 82 valence electrons.